The summed E-state index contributed by atoms with van der Waals surface area (Å²) in [7, 11) is 0. The smallest absolute Gasteiger partial charge is 0.408 e. The summed E-state index contributed by atoms with van der Waals surface area (Å²) in [6.07, 6.45) is -1.10. The number of carbonyl (C=O) groups excluding carboxylic acids is 5. The van der Waals surface area contributed by atoms with Crippen molar-refractivity contribution >= 4 is 29.5 Å². The fourth-order valence-electron chi connectivity index (χ4n) is 2.98. The number of carboxylic acid groups (broad SMARTS) is 1. The molecule has 0 heterocycles. The molecule has 0 saturated heterocycles. The predicted molar refractivity (Wildman–Crippen MR) is 117 cm³/mol. The Morgan fingerprint density at radius 2 is 1.16 bits per heavy atom. The monoisotopic (exact) mass is 455 g/mol. The fraction of sp³-hybridized carbons (Fsp3) is 0.783. The summed E-state index contributed by atoms with van der Waals surface area (Å²) in [5.41, 5.74) is -0.707. The van der Waals surface area contributed by atoms with E-state index < -0.39 is 53.3 Å². The van der Waals surface area contributed by atoms with E-state index in [1.165, 1.54) is 13.8 Å². The highest BCUT2D eigenvalue weighted by atomic mass is 16.6. The van der Waals surface area contributed by atoms with Crippen LogP contribution in [0, 0.1) is 23.7 Å². The van der Waals surface area contributed by atoms with Gasteiger partial charge >= 0.3 is 6.09 Å². The first-order valence-electron chi connectivity index (χ1n) is 11.0. The Hall–Kier alpha value is -2.45. The van der Waals surface area contributed by atoms with Crippen molar-refractivity contribution in [3.05, 3.63) is 0 Å². The zero-order valence-electron chi connectivity index (χ0n) is 20.7. The van der Waals surface area contributed by atoms with Crippen LogP contribution in [-0.4, -0.2) is 47.2 Å². The first-order chi connectivity index (χ1) is 14.5. The van der Waals surface area contributed by atoms with Crippen LogP contribution in [0.5, 0.6) is 0 Å². The van der Waals surface area contributed by atoms with Gasteiger partial charge < -0.3 is 25.3 Å². The van der Waals surface area contributed by atoms with Crippen LogP contribution in [0.1, 0.15) is 75.2 Å². The number of carboxylic acids is 1. The van der Waals surface area contributed by atoms with Crippen molar-refractivity contribution in [3.8, 4) is 0 Å². The Labute approximate surface area is 191 Å². The van der Waals surface area contributed by atoms with Crippen molar-refractivity contribution < 1.29 is 33.8 Å². The van der Waals surface area contributed by atoms with Gasteiger partial charge in [-0.2, -0.15) is 0 Å². The molecule has 0 rings (SSSR count). The van der Waals surface area contributed by atoms with Crippen LogP contribution in [0.4, 0.5) is 4.79 Å². The first kappa shape index (κ1) is 29.5. The molecule has 0 aliphatic rings. The maximum absolute atomic E-state index is 12.8. The number of aliphatic carboxylic acids is 1. The van der Waals surface area contributed by atoms with Crippen LogP contribution in [-0.2, 0) is 23.9 Å². The number of nitrogens with one attached hydrogen (secondary N) is 2. The van der Waals surface area contributed by atoms with E-state index in [4.69, 9.17) is 4.74 Å². The zero-order chi connectivity index (χ0) is 25.4. The van der Waals surface area contributed by atoms with Crippen molar-refractivity contribution in [1.82, 2.24) is 10.6 Å². The molecular weight excluding hydrogens is 416 g/mol. The molecule has 0 aromatic heterocycles. The predicted octanol–water partition coefficient (Wildman–Crippen LogP) is 1.62. The number of alkyl carbamates (subject to hydrolysis) is 1. The molecule has 32 heavy (non-hydrogen) atoms. The van der Waals surface area contributed by atoms with Crippen molar-refractivity contribution in [2.75, 3.05) is 0 Å². The SMILES string of the molecule is CC(NC(=O)OC(C)(C)C)C(=O)CC(C(=O)NC(C)C(=O)CC(C(=O)[O-])C(C)C)C(C)C. The zero-order valence-corrected chi connectivity index (χ0v) is 20.7. The van der Waals surface area contributed by atoms with Crippen molar-refractivity contribution in [2.45, 2.75) is 92.8 Å². The van der Waals surface area contributed by atoms with E-state index in [1.54, 1.807) is 48.5 Å². The van der Waals surface area contributed by atoms with Gasteiger partial charge in [0.15, 0.2) is 11.6 Å². The number of ketones is 2. The Morgan fingerprint density at radius 3 is 1.53 bits per heavy atom. The molecule has 2 amide bonds. The van der Waals surface area contributed by atoms with Crippen molar-refractivity contribution in [2.24, 2.45) is 23.7 Å². The summed E-state index contributed by atoms with van der Waals surface area (Å²) < 4.78 is 5.14. The summed E-state index contributed by atoms with van der Waals surface area (Å²) in [4.78, 5) is 60.9. The van der Waals surface area contributed by atoms with Crippen LogP contribution < -0.4 is 15.7 Å². The Morgan fingerprint density at radius 1 is 0.750 bits per heavy atom. The van der Waals surface area contributed by atoms with Gasteiger partial charge in [0.2, 0.25) is 5.91 Å². The normalized spacial score (nSPS) is 15.5. The lowest BCUT2D eigenvalue weighted by molar-refractivity contribution is -0.313. The minimum atomic E-state index is -1.30. The third-order valence-corrected chi connectivity index (χ3v) is 5.15. The molecule has 4 atom stereocenters. The molecule has 0 aliphatic carbocycles. The number of hydrogen-bond acceptors (Lipinski definition) is 7. The van der Waals surface area contributed by atoms with Gasteiger partial charge in [-0.1, -0.05) is 27.7 Å². The average molecular weight is 456 g/mol. The minimum Gasteiger partial charge on any atom is -0.550 e. The lowest BCUT2D eigenvalue weighted by Crippen LogP contribution is -2.47. The largest absolute Gasteiger partial charge is 0.550 e. The fourth-order valence-corrected chi connectivity index (χ4v) is 2.98. The van der Waals surface area contributed by atoms with E-state index in [9.17, 15) is 29.1 Å². The molecule has 0 aromatic rings. The molecule has 9 nitrogen and oxygen atoms in total. The Kier molecular flexibility index (Phi) is 11.6. The van der Waals surface area contributed by atoms with Gasteiger partial charge in [-0.25, -0.2) is 4.79 Å². The maximum Gasteiger partial charge on any atom is 0.408 e. The number of rotatable bonds is 12. The number of hydrogen-bond donors (Lipinski definition) is 2. The summed E-state index contributed by atoms with van der Waals surface area (Å²) in [6, 6.07) is -1.76. The van der Waals surface area contributed by atoms with E-state index >= 15 is 0 Å². The Balaban J connectivity index is 5.04. The topological polar surface area (TPSA) is 142 Å². The summed E-state index contributed by atoms with van der Waals surface area (Å²) in [6.45, 7) is 15.0. The quantitative estimate of drug-likeness (QED) is 0.455. The summed E-state index contributed by atoms with van der Waals surface area (Å²) in [5, 5.41) is 16.3. The molecule has 2 N–H and O–H groups in total. The van der Waals surface area contributed by atoms with Gasteiger partial charge in [-0.3, -0.25) is 14.4 Å². The van der Waals surface area contributed by atoms with Gasteiger partial charge in [-0.15, -0.1) is 0 Å². The van der Waals surface area contributed by atoms with E-state index in [1.807, 2.05) is 0 Å². The lowest BCUT2D eigenvalue weighted by Gasteiger charge is -2.26. The lowest BCUT2D eigenvalue weighted by atomic mass is 9.87. The van der Waals surface area contributed by atoms with Gasteiger partial charge in [0.25, 0.3) is 0 Å². The van der Waals surface area contributed by atoms with Crippen molar-refractivity contribution in [1.29, 1.82) is 0 Å². The van der Waals surface area contributed by atoms with Gasteiger partial charge in [0.1, 0.15) is 5.60 Å². The van der Waals surface area contributed by atoms with Crippen LogP contribution in [0.25, 0.3) is 0 Å². The number of ether oxygens (including phenoxy) is 1. The number of amides is 2. The Bertz CT molecular complexity index is 695. The maximum atomic E-state index is 12.8. The molecule has 9 heteroatoms. The molecule has 4 unspecified atom stereocenters. The molecule has 0 saturated carbocycles. The highest BCUT2D eigenvalue weighted by Crippen LogP contribution is 2.19. The molecular formula is C23H39N2O7-. The standard InChI is InChI=1S/C23H40N2O7/c1-12(2)16(10-18(26)15(6)25-22(31)32-23(7,8)9)20(28)24-14(5)19(27)11-17(13(3)4)21(29)30/h12-17H,10-11H2,1-9H3,(H,24,28)(H,25,31)(H,29,30)/p-1. The minimum absolute atomic E-state index is 0.130. The third kappa shape index (κ3) is 10.7. The van der Waals surface area contributed by atoms with E-state index in [0.29, 0.717) is 0 Å². The third-order valence-electron chi connectivity index (χ3n) is 5.15. The molecule has 184 valence electrons. The molecule has 0 radical (unpaired) electrons. The second kappa shape index (κ2) is 12.6. The van der Waals surface area contributed by atoms with E-state index in [-0.39, 0.29) is 30.5 Å². The van der Waals surface area contributed by atoms with Crippen LogP contribution in [0.2, 0.25) is 0 Å². The van der Waals surface area contributed by atoms with Gasteiger partial charge in [0, 0.05) is 30.6 Å². The van der Waals surface area contributed by atoms with E-state index in [2.05, 4.69) is 10.6 Å². The molecule has 0 bridgehead atoms. The average Bonchev–Trinajstić information content (AvgIpc) is 2.60. The second-order valence-corrected chi connectivity index (χ2v) is 9.96. The number of Topliss-reactive ketones (excluding diaryl/α,β-unsaturated/α-hetero) is 2. The van der Waals surface area contributed by atoms with Crippen LogP contribution in [0.3, 0.4) is 0 Å². The molecule has 0 spiro atoms. The van der Waals surface area contributed by atoms with Crippen LogP contribution >= 0.6 is 0 Å². The first-order valence-corrected chi connectivity index (χ1v) is 11.0. The highest BCUT2D eigenvalue weighted by Gasteiger charge is 2.31. The summed E-state index contributed by atoms with van der Waals surface area (Å²) >= 11 is 0. The number of carbonyl (C=O) groups is 5. The molecule has 0 aromatic carbocycles. The van der Waals surface area contributed by atoms with Crippen LogP contribution in [0.15, 0.2) is 0 Å². The van der Waals surface area contributed by atoms with E-state index in [0.717, 1.165) is 0 Å². The second-order valence-electron chi connectivity index (χ2n) is 9.96. The summed E-state index contributed by atoms with van der Waals surface area (Å²) in [5.74, 6) is -4.70. The molecule has 0 fully saturated rings. The van der Waals surface area contributed by atoms with Crippen molar-refractivity contribution in [3.63, 3.8) is 0 Å². The van der Waals surface area contributed by atoms with Gasteiger partial charge in [-0.05, 0) is 46.5 Å². The molecule has 0 aliphatic heterocycles. The highest BCUT2D eigenvalue weighted by molar-refractivity contribution is 5.94. The van der Waals surface area contributed by atoms with Gasteiger partial charge in [0.05, 0.1) is 12.1 Å².